The number of H-pyrrole nitrogens is 1. The first-order valence-electron chi connectivity index (χ1n) is 13.3. The molecule has 0 amide bonds. The zero-order valence-corrected chi connectivity index (χ0v) is 22.8. The van der Waals surface area contributed by atoms with E-state index in [1.54, 1.807) is 23.9 Å². The van der Waals surface area contributed by atoms with Crippen LogP contribution in [0.5, 0.6) is 5.88 Å². The number of unbranched alkanes of at least 4 members (excludes halogenated alkanes) is 1. The minimum absolute atomic E-state index is 0. The monoisotopic (exact) mass is 577 g/mol. The van der Waals surface area contributed by atoms with Crippen molar-refractivity contribution >= 4 is 51.4 Å². The Labute approximate surface area is 280 Å². The summed E-state index contributed by atoms with van der Waals surface area (Å²) >= 11 is 0. The van der Waals surface area contributed by atoms with Crippen molar-refractivity contribution < 1.29 is 9.26 Å². The molecule has 9 nitrogen and oxygen atoms in total. The van der Waals surface area contributed by atoms with Gasteiger partial charge >= 0.3 is 57.1 Å². The van der Waals surface area contributed by atoms with Crippen LogP contribution in [0, 0.1) is 6.92 Å². The molecule has 10 heteroatoms. The van der Waals surface area contributed by atoms with Gasteiger partial charge in [0.25, 0.3) is 5.56 Å². The van der Waals surface area contributed by atoms with E-state index in [1.807, 2.05) is 61.5 Å². The zero-order valence-electron chi connectivity index (χ0n) is 22.8. The summed E-state index contributed by atoms with van der Waals surface area (Å²) in [4.78, 5) is 37.1. The summed E-state index contributed by atoms with van der Waals surface area (Å²) in [5.74, 6) is 0.999. The molecule has 2 aromatic carbocycles. The second-order valence-corrected chi connectivity index (χ2v) is 9.65. The Morgan fingerprint density at radius 1 is 0.976 bits per heavy atom. The number of rotatable bonds is 10. The minimum atomic E-state index is -0.598. The Bertz CT molecular complexity index is 1720. The predicted molar refractivity (Wildman–Crippen MR) is 160 cm³/mol. The van der Waals surface area contributed by atoms with Gasteiger partial charge in [-0.15, -0.1) is 0 Å². The van der Waals surface area contributed by atoms with Gasteiger partial charge in [-0.3, -0.25) is 18.9 Å². The number of aryl methyl sites for hydroxylation is 2. The van der Waals surface area contributed by atoms with E-state index >= 15 is 0 Å². The van der Waals surface area contributed by atoms with E-state index in [4.69, 9.17) is 14.2 Å². The van der Waals surface area contributed by atoms with Gasteiger partial charge in [-0.25, -0.2) is 14.8 Å². The van der Waals surface area contributed by atoms with Crippen LogP contribution < -0.4 is 16.1 Å². The molecular formula is C31H32KN5O4. The molecule has 0 aliphatic heterocycles. The van der Waals surface area contributed by atoms with Crippen molar-refractivity contribution in [2.24, 2.45) is 0 Å². The van der Waals surface area contributed by atoms with Gasteiger partial charge in [-0.05, 0) is 42.0 Å². The first-order valence-corrected chi connectivity index (χ1v) is 13.3. The number of benzene rings is 2. The van der Waals surface area contributed by atoms with Crippen LogP contribution in [0.4, 0.5) is 0 Å². The van der Waals surface area contributed by atoms with Gasteiger partial charge in [0.1, 0.15) is 5.82 Å². The molecule has 0 saturated carbocycles. The Morgan fingerprint density at radius 3 is 2.34 bits per heavy atom. The summed E-state index contributed by atoms with van der Waals surface area (Å²) in [6.07, 6.45) is 4.94. The first-order chi connectivity index (χ1) is 19.5. The second kappa shape index (κ2) is 14.1. The third kappa shape index (κ3) is 7.20. The normalized spacial score (nSPS) is 10.8. The van der Waals surface area contributed by atoms with Crippen LogP contribution in [-0.2, 0) is 19.4 Å². The molecule has 0 saturated heterocycles. The fourth-order valence-electron chi connectivity index (χ4n) is 4.77. The number of hydrogen-bond acceptors (Lipinski definition) is 7. The maximum atomic E-state index is 13.8. The summed E-state index contributed by atoms with van der Waals surface area (Å²) in [6.45, 7) is 4.40. The summed E-state index contributed by atoms with van der Waals surface area (Å²) in [5, 5.41) is 3.85. The molecular weight excluding hydrogens is 545 g/mol. The van der Waals surface area contributed by atoms with Crippen LogP contribution in [0.3, 0.4) is 0 Å². The van der Waals surface area contributed by atoms with Crippen LogP contribution in [0.1, 0.15) is 48.0 Å². The zero-order chi connectivity index (χ0) is 28.1. The molecule has 3 heterocycles. The van der Waals surface area contributed by atoms with Crippen molar-refractivity contribution in [2.45, 2.75) is 46.1 Å². The Morgan fingerprint density at radius 2 is 1.71 bits per heavy atom. The van der Waals surface area contributed by atoms with Gasteiger partial charge in [0, 0.05) is 29.8 Å². The van der Waals surface area contributed by atoms with Crippen molar-refractivity contribution in [3.63, 3.8) is 0 Å². The van der Waals surface area contributed by atoms with Crippen molar-refractivity contribution in [2.75, 3.05) is 7.11 Å². The van der Waals surface area contributed by atoms with Crippen LogP contribution in [0.15, 0.2) is 81.0 Å². The number of nitrogens with zero attached hydrogens (tertiary/aromatic N) is 4. The van der Waals surface area contributed by atoms with Gasteiger partial charge in [-0.1, -0.05) is 73.1 Å². The molecule has 3 aromatic heterocycles. The van der Waals surface area contributed by atoms with Gasteiger partial charge in [0.15, 0.2) is 5.82 Å². The van der Waals surface area contributed by atoms with Gasteiger partial charge in [-0.2, -0.15) is 0 Å². The third-order valence-electron chi connectivity index (χ3n) is 6.92. The number of aromatic nitrogens is 5. The summed E-state index contributed by atoms with van der Waals surface area (Å²) in [5.41, 5.74) is 6.09. The molecule has 0 bridgehead atoms. The summed E-state index contributed by atoms with van der Waals surface area (Å²) in [6, 6.07) is 19.5. The standard InChI is InChI=1S/C31H31N5O4.K.H/c1-4-5-10-27-26(30(37)36(20(2)33-27)19-22-13-16-28(39-3)32-18-22)17-21-11-14-23(15-12-21)24-8-6-7-9-25(24)29-34-31(38)40-35-29;;/h6-9,11-16,18H,4-5,10,17,19H2,1-3H3,(H,34,35,38);;. The maximum absolute atomic E-state index is 13.8. The molecule has 1 N–H and O–H groups in total. The van der Waals surface area contributed by atoms with Crippen LogP contribution in [-0.4, -0.2) is 83.2 Å². The topological polar surface area (TPSA) is 116 Å². The molecule has 0 radical (unpaired) electrons. The second-order valence-electron chi connectivity index (χ2n) is 9.65. The van der Waals surface area contributed by atoms with Crippen LogP contribution in [0.25, 0.3) is 22.5 Å². The van der Waals surface area contributed by atoms with E-state index in [0.29, 0.717) is 36.1 Å². The first kappa shape index (κ1) is 30.8. The number of aromatic amines is 1. The summed E-state index contributed by atoms with van der Waals surface area (Å²) in [7, 11) is 1.58. The predicted octanol–water partition coefficient (Wildman–Crippen LogP) is 4.30. The van der Waals surface area contributed by atoms with E-state index in [2.05, 4.69) is 22.0 Å². The van der Waals surface area contributed by atoms with Crippen molar-refractivity contribution in [3.8, 4) is 28.4 Å². The number of methoxy groups -OCH3 is 1. The Hall–Kier alpha value is -3.15. The molecule has 0 atom stereocenters. The van der Waals surface area contributed by atoms with E-state index < -0.39 is 5.76 Å². The molecule has 0 spiro atoms. The molecule has 41 heavy (non-hydrogen) atoms. The molecule has 0 aliphatic rings. The molecule has 0 aliphatic carbocycles. The summed E-state index contributed by atoms with van der Waals surface area (Å²) < 4.78 is 11.6. The number of nitrogens with one attached hydrogen (secondary N) is 1. The number of pyridine rings is 1. The van der Waals surface area contributed by atoms with Crippen molar-refractivity contribution in [1.29, 1.82) is 0 Å². The number of hydrogen-bond donors (Lipinski definition) is 1. The van der Waals surface area contributed by atoms with E-state index in [-0.39, 0.29) is 56.9 Å². The van der Waals surface area contributed by atoms with E-state index in [9.17, 15) is 9.59 Å². The van der Waals surface area contributed by atoms with Gasteiger partial charge < -0.3 is 4.74 Å². The SMILES string of the molecule is CCCCc1nc(C)n(Cc2ccc(OC)nc2)c(=O)c1Cc1ccc(-c2ccccc2-c2noc(=O)[nH]2)cc1.[KH]. The van der Waals surface area contributed by atoms with E-state index in [1.165, 1.54) is 0 Å². The Kier molecular flexibility index (Phi) is 10.6. The Balaban J connectivity index is 0.00000387. The molecule has 206 valence electrons. The average Bonchev–Trinajstić information content (AvgIpc) is 3.42. The molecule has 5 rings (SSSR count). The molecule has 0 unspecified atom stereocenters. The fraction of sp³-hybridized carbons (Fsp3) is 0.258. The van der Waals surface area contributed by atoms with Crippen LogP contribution >= 0.6 is 0 Å². The molecule has 5 aromatic rings. The fourth-order valence-corrected chi connectivity index (χ4v) is 4.77. The average molecular weight is 578 g/mol. The van der Waals surface area contributed by atoms with Crippen molar-refractivity contribution in [3.05, 3.63) is 116 Å². The van der Waals surface area contributed by atoms with Gasteiger partial charge in [0.2, 0.25) is 5.88 Å². The van der Waals surface area contributed by atoms with Gasteiger partial charge in [0.05, 0.1) is 19.3 Å². The third-order valence-corrected chi connectivity index (χ3v) is 6.92. The van der Waals surface area contributed by atoms with E-state index in [0.717, 1.165) is 52.8 Å². The van der Waals surface area contributed by atoms with Crippen LogP contribution in [0.2, 0.25) is 0 Å². The molecule has 0 fully saturated rings. The van der Waals surface area contributed by atoms with Crippen molar-refractivity contribution in [1.82, 2.24) is 24.7 Å². The number of ether oxygens (including phenoxy) is 1. The quantitative estimate of drug-likeness (QED) is 0.246.